The molecule has 1 aromatic rings. The van der Waals surface area contributed by atoms with Gasteiger partial charge in [-0.3, -0.25) is 0 Å². The summed E-state index contributed by atoms with van der Waals surface area (Å²) >= 11 is 0. The normalized spacial score (nSPS) is 16.5. The van der Waals surface area contributed by atoms with Crippen LogP contribution in [0.3, 0.4) is 0 Å². The third-order valence-corrected chi connectivity index (χ3v) is 3.05. The first kappa shape index (κ1) is 12.2. The van der Waals surface area contributed by atoms with Gasteiger partial charge in [-0.25, -0.2) is 0 Å². The van der Waals surface area contributed by atoms with Crippen LogP contribution in [-0.2, 0) is 11.2 Å². The van der Waals surface area contributed by atoms with Crippen molar-refractivity contribution in [2.75, 3.05) is 13.2 Å². The summed E-state index contributed by atoms with van der Waals surface area (Å²) in [6.45, 7) is 6.08. The van der Waals surface area contributed by atoms with Gasteiger partial charge in [-0.05, 0) is 31.5 Å². The van der Waals surface area contributed by atoms with Gasteiger partial charge in [-0.2, -0.15) is 0 Å². The molecule has 1 heterocycles. The highest BCUT2D eigenvalue weighted by Gasteiger charge is 2.18. The van der Waals surface area contributed by atoms with E-state index in [0.717, 1.165) is 31.8 Å². The van der Waals surface area contributed by atoms with Gasteiger partial charge in [-0.15, -0.1) is 0 Å². The van der Waals surface area contributed by atoms with E-state index < -0.39 is 0 Å². The molecule has 1 aliphatic rings. The van der Waals surface area contributed by atoms with Crippen LogP contribution >= 0.6 is 0 Å². The zero-order chi connectivity index (χ0) is 12.1. The molecule has 92 valence electrons. The van der Waals surface area contributed by atoms with Gasteiger partial charge in [0, 0.05) is 6.42 Å². The summed E-state index contributed by atoms with van der Waals surface area (Å²) in [5, 5.41) is 3.50. The van der Waals surface area contributed by atoms with Crippen LogP contribution in [0.4, 0.5) is 0 Å². The van der Waals surface area contributed by atoms with Crippen LogP contribution in [0.2, 0.25) is 0 Å². The Balaban J connectivity index is 2.07. The standard InChI is InChI=1S/C15H21NO/c1-3-16-14(15-8-5-9-17-15)11-13-7-4-6-12(2)10-13/h4,6-8,10,14,16H,3,5,9,11H2,1-2H3. The summed E-state index contributed by atoms with van der Waals surface area (Å²) in [4.78, 5) is 0. The minimum atomic E-state index is 0.323. The molecule has 0 spiro atoms. The Bertz CT molecular complexity index is 398. The summed E-state index contributed by atoms with van der Waals surface area (Å²) in [5.74, 6) is 1.12. The van der Waals surface area contributed by atoms with E-state index in [1.807, 2.05) is 0 Å². The van der Waals surface area contributed by atoms with Crippen molar-refractivity contribution in [3.05, 3.63) is 47.2 Å². The molecule has 0 saturated carbocycles. The number of rotatable bonds is 5. The predicted molar refractivity (Wildman–Crippen MR) is 71.0 cm³/mol. The molecule has 1 N–H and O–H groups in total. The van der Waals surface area contributed by atoms with E-state index in [1.165, 1.54) is 11.1 Å². The van der Waals surface area contributed by atoms with Gasteiger partial charge in [-0.1, -0.05) is 36.8 Å². The first-order chi connectivity index (χ1) is 8.29. The number of aryl methyl sites for hydroxylation is 1. The van der Waals surface area contributed by atoms with Crippen molar-refractivity contribution in [1.29, 1.82) is 0 Å². The van der Waals surface area contributed by atoms with Crippen molar-refractivity contribution < 1.29 is 4.74 Å². The smallest absolute Gasteiger partial charge is 0.109 e. The van der Waals surface area contributed by atoms with Gasteiger partial charge >= 0.3 is 0 Å². The van der Waals surface area contributed by atoms with E-state index in [0.29, 0.717) is 6.04 Å². The zero-order valence-electron chi connectivity index (χ0n) is 10.7. The maximum atomic E-state index is 5.67. The molecular formula is C15H21NO. The fourth-order valence-electron chi connectivity index (χ4n) is 2.27. The molecule has 0 bridgehead atoms. The van der Waals surface area contributed by atoms with Crippen molar-refractivity contribution >= 4 is 0 Å². The summed E-state index contributed by atoms with van der Waals surface area (Å²) in [6.07, 6.45) is 4.26. The molecule has 17 heavy (non-hydrogen) atoms. The van der Waals surface area contributed by atoms with Crippen molar-refractivity contribution in [3.8, 4) is 0 Å². The van der Waals surface area contributed by atoms with Gasteiger partial charge in [0.1, 0.15) is 5.76 Å². The summed E-state index contributed by atoms with van der Waals surface area (Å²) in [6, 6.07) is 9.02. The second-order valence-corrected chi connectivity index (χ2v) is 4.55. The zero-order valence-corrected chi connectivity index (χ0v) is 10.7. The lowest BCUT2D eigenvalue weighted by molar-refractivity contribution is 0.215. The van der Waals surface area contributed by atoms with Crippen LogP contribution in [0, 0.1) is 6.92 Å². The number of hydrogen-bond acceptors (Lipinski definition) is 2. The van der Waals surface area contributed by atoms with Gasteiger partial charge in [0.15, 0.2) is 0 Å². The molecule has 0 saturated heterocycles. The fourth-order valence-corrected chi connectivity index (χ4v) is 2.27. The van der Waals surface area contributed by atoms with Crippen molar-refractivity contribution in [3.63, 3.8) is 0 Å². The molecule has 1 aromatic carbocycles. The fraction of sp³-hybridized carbons (Fsp3) is 0.467. The first-order valence-electron chi connectivity index (χ1n) is 6.41. The van der Waals surface area contributed by atoms with Crippen molar-refractivity contribution in [2.45, 2.75) is 32.7 Å². The Morgan fingerprint density at radius 1 is 1.41 bits per heavy atom. The third-order valence-electron chi connectivity index (χ3n) is 3.05. The maximum Gasteiger partial charge on any atom is 0.109 e. The molecule has 0 aromatic heterocycles. The molecule has 1 atom stereocenters. The highest BCUT2D eigenvalue weighted by molar-refractivity contribution is 5.25. The Morgan fingerprint density at radius 2 is 2.29 bits per heavy atom. The van der Waals surface area contributed by atoms with Crippen LogP contribution in [-0.4, -0.2) is 19.2 Å². The molecule has 2 rings (SSSR count). The Kier molecular flexibility index (Phi) is 4.21. The second-order valence-electron chi connectivity index (χ2n) is 4.55. The highest BCUT2D eigenvalue weighted by Crippen LogP contribution is 2.17. The van der Waals surface area contributed by atoms with Crippen LogP contribution in [0.1, 0.15) is 24.5 Å². The van der Waals surface area contributed by atoms with Gasteiger partial charge in [0.2, 0.25) is 0 Å². The van der Waals surface area contributed by atoms with E-state index in [1.54, 1.807) is 0 Å². The highest BCUT2D eigenvalue weighted by atomic mass is 16.5. The number of benzene rings is 1. The number of hydrogen-bond donors (Lipinski definition) is 1. The predicted octanol–water partition coefficient (Wildman–Crippen LogP) is 2.82. The minimum Gasteiger partial charge on any atom is -0.496 e. The molecule has 2 nitrogen and oxygen atoms in total. The van der Waals surface area contributed by atoms with Gasteiger partial charge in [0.05, 0.1) is 12.6 Å². The number of ether oxygens (including phenoxy) is 1. The van der Waals surface area contributed by atoms with E-state index in [2.05, 4.69) is 49.5 Å². The lowest BCUT2D eigenvalue weighted by atomic mass is 10.0. The van der Waals surface area contributed by atoms with Gasteiger partial charge < -0.3 is 10.1 Å². The van der Waals surface area contributed by atoms with E-state index in [9.17, 15) is 0 Å². The topological polar surface area (TPSA) is 21.3 Å². The van der Waals surface area contributed by atoms with E-state index in [-0.39, 0.29) is 0 Å². The number of likely N-dealkylation sites (N-methyl/N-ethyl adjacent to an activating group) is 1. The maximum absolute atomic E-state index is 5.67. The molecule has 1 aliphatic heterocycles. The summed E-state index contributed by atoms with van der Waals surface area (Å²) < 4.78 is 5.67. The van der Waals surface area contributed by atoms with Gasteiger partial charge in [0.25, 0.3) is 0 Å². The van der Waals surface area contributed by atoms with Crippen LogP contribution in [0.15, 0.2) is 36.1 Å². The second kappa shape index (κ2) is 5.87. The Hall–Kier alpha value is -1.28. The lowest BCUT2D eigenvalue weighted by Gasteiger charge is -2.19. The van der Waals surface area contributed by atoms with Crippen LogP contribution < -0.4 is 5.32 Å². The quantitative estimate of drug-likeness (QED) is 0.841. The Morgan fingerprint density at radius 3 is 2.94 bits per heavy atom. The molecule has 0 amide bonds. The molecule has 0 aliphatic carbocycles. The molecule has 2 heteroatoms. The average Bonchev–Trinajstić information content (AvgIpc) is 2.82. The average molecular weight is 231 g/mol. The van der Waals surface area contributed by atoms with Crippen molar-refractivity contribution in [1.82, 2.24) is 5.32 Å². The largest absolute Gasteiger partial charge is 0.496 e. The molecule has 0 radical (unpaired) electrons. The molecule has 1 unspecified atom stereocenters. The third kappa shape index (κ3) is 3.34. The molecule has 0 fully saturated rings. The number of nitrogens with one attached hydrogen (secondary N) is 1. The molecular weight excluding hydrogens is 210 g/mol. The monoisotopic (exact) mass is 231 g/mol. The van der Waals surface area contributed by atoms with E-state index >= 15 is 0 Å². The Labute approximate surface area is 104 Å². The lowest BCUT2D eigenvalue weighted by Crippen LogP contribution is -2.33. The van der Waals surface area contributed by atoms with Crippen LogP contribution in [0.25, 0.3) is 0 Å². The van der Waals surface area contributed by atoms with Crippen LogP contribution in [0.5, 0.6) is 0 Å². The SMILES string of the molecule is CCNC(Cc1cccc(C)c1)C1=CCCO1. The van der Waals surface area contributed by atoms with Crippen molar-refractivity contribution in [2.24, 2.45) is 0 Å². The summed E-state index contributed by atoms with van der Waals surface area (Å²) in [5.41, 5.74) is 2.69. The minimum absolute atomic E-state index is 0.323. The summed E-state index contributed by atoms with van der Waals surface area (Å²) in [7, 11) is 0. The first-order valence-corrected chi connectivity index (χ1v) is 6.41. The van der Waals surface area contributed by atoms with E-state index in [4.69, 9.17) is 4.74 Å².